The third kappa shape index (κ3) is 2.22. The quantitative estimate of drug-likeness (QED) is 0.634. The minimum Gasteiger partial charge on any atom is -0.467 e. The number of hydrogen-bond acceptors (Lipinski definition) is 4. The highest BCUT2D eigenvalue weighted by Crippen LogP contribution is 2.52. The van der Waals surface area contributed by atoms with Gasteiger partial charge in [-0.05, 0) is 31.4 Å². The maximum Gasteiger partial charge on any atom is 0.332 e. The van der Waals surface area contributed by atoms with Crippen LogP contribution in [0.3, 0.4) is 0 Å². The zero-order valence-electron chi connectivity index (χ0n) is 12.9. The molecule has 23 heavy (non-hydrogen) atoms. The normalized spacial score (nSPS) is 28.8. The predicted molar refractivity (Wildman–Crippen MR) is 83.2 cm³/mol. The topological polar surface area (TPSA) is 70.4 Å². The third-order valence-corrected chi connectivity index (χ3v) is 4.97. The molecule has 2 heterocycles. The number of ether oxygens (including phenoxy) is 1. The zero-order chi connectivity index (χ0) is 16.4. The molecule has 0 aromatic heterocycles. The number of nitriles is 1. The van der Waals surface area contributed by atoms with Crippen LogP contribution in [0.25, 0.3) is 0 Å². The molecule has 3 atom stereocenters. The second-order valence-corrected chi connectivity index (χ2v) is 5.98. The van der Waals surface area contributed by atoms with Crippen molar-refractivity contribution in [1.29, 1.82) is 5.26 Å². The van der Waals surface area contributed by atoms with E-state index in [0.29, 0.717) is 18.4 Å². The van der Waals surface area contributed by atoms with Crippen molar-refractivity contribution in [2.75, 3.05) is 7.11 Å². The first-order valence-electron chi connectivity index (χ1n) is 7.68. The van der Waals surface area contributed by atoms with Gasteiger partial charge in [-0.3, -0.25) is 4.79 Å². The number of fused-ring (bicyclic) bond motifs is 2. The Labute approximate surface area is 135 Å². The van der Waals surface area contributed by atoms with Crippen molar-refractivity contribution in [3.63, 3.8) is 0 Å². The standard InChI is InChI=1S/C18H18N2O3/c1-23-17(22)18-10-9-15(12-14(18)8-5-11-19)20(18)16(21)13-6-3-2-4-7-13/h2-8,14-15H,9-10,12H2,1H3/b8-5-/t14-,15-,18+/m1/s1. The lowest BCUT2D eigenvalue weighted by molar-refractivity contribution is -0.152. The summed E-state index contributed by atoms with van der Waals surface area (Å²) in [5, 5.41) is 8.80. The first-order valence-corrected chi connectivity index (χ1v) is 7.68. The Balaban J connectivity index is 2.03. The van der Waals surface area contributed by atoms with Crippen LogP contribution in [0, 0.1) is 17.2 Å². The molecule has 2 bridgehead atoms. The number of rotatable bonds is 3. The molecule has 118 valence electrons. The Bertz CT molecular complexity index is 692. The van der Waals surface area contributed by atoms with Crippen molar-refractivity contribution in [3.05, 3.63) is 48.0 Å². The Morgan fingerprint density at radius 1 is 1.39 bits per heavy atom. The fourth-order valence-electron chi connectivity index (χ4n) is 4.03. The molecule has 2 aliphatic heterocycles. The van der Waals surface area contributed by atoms with Gasteiger partial charge in [0, 0.05) is 23.6 Å². The minimum atomic E-state index is -0.986. The van der Waals surface area contributed by atoms with Gasteiger partial charge >= 0.3 is 5.97 Å². The molecular formula is C18H18N2O3. The average Bonchev–Trinajstić information content (AvgIpc) is 3.13. The lowest BCUT2D eigenvalue weighted by Crippen LogP contribution is -2.54. The Hall–Kier alpha value is -2.61. The van der Waals surface area contributed by atoms with Crippen LogP contribution in [-0.2, 0) is 9.53 Å². The summed E-state index contributed by atoms with van der Waals surface area (Å²) in [5.74, 6) is -0.721. The van der Waals surface area contributed by atoms with E-state index in [4.69, 9.17) is 10.00 Å². The smallest absolute Gasteiger partial charge is 0.332 e. The van der Waals surface area contributed by atoms with Gasteiger partial charge in [0.1, 0.15) is 5.54 Å². The van der Waals surface area contributed by atoms with Gasteiger partial charge in [0.2, 0.25) is 0 Å². The van der Waals surface area contributed by atoms with Crippen molar-refractivity contribution in [1.82, 2.24) is 4.90 Å². The zero-order valence-corrected chi connectivity index (χ0v) is 12.9. The van der Waals surface area contributed by atoms with Crippen molar-refractivity contribution in [2.45, 2.75) is 30.8 Å². The van der Waals surface area contributed by atoms with Crippen LogP contribution in [0.15, 0.2) is 42.5 Å². The Morgan fingerprint density at radius 2 is 2.13 bits per heavy atom. The van der Waals surface area contributed by atoms with Crippen LogP contribution >= 0.6 is 0 Å². The number of nitrogens with zero attached hydrogens (tertiary/aromatic N) is 2. The number of amides is 1. The minimum absolute atomic E-state index is 0.00940. The maximum absolute atomic E-state index is 13.0. The highest BCUT2D eigenvalue weighted by Gasteiger charge is 2.64. The van der Waals surface area contributed by atoms with Gasteiger partial charge < -0.3 is 9.64 Å². The number of hydrogen-bond donors (Lipinski definition) is 0. The van der Waals surface area contributed by atoms with Crippen molar-refractivity contribution < 1.29 is 14.3 Å². The summed E-state index contributed by atoms with van der Waals surface area (Å²) in [6.07, 6.45) is 5.17. The number of benzene rings is 1. The van der Waals surface area contributed by atoms with Gasteiger partial charge in [0.05, 0.1) is 13.2 Å². The molecular weight excluding hydrogens is 292 g/mol. The fraction of sp³-hybridized carbons (Fsp3) is 0.389. The summed E-state index contributed by atoms with van der Waals surface area (Å²) in [6.45, 7) is 0. The van der Waals surface area contributed by atoms with Gasteiger partial charge in [-0.1, -0.05) is 24.3 Å². The van der Waals surface area contributed by atoms with Crippen LogP contribution in [0.1, 0.15) is 29.6 Å². The molecule has 0 unspecified atom stereocenters. The summed E-state index contributed by atoms with van der Waals surface area (Å²) >= 11 is 0. The van der Waals surface area contributed by atoms with Gasteiger partial charge in [-0.15, -0.1) is 0 Å². The second kappa shape index (κ2) is 5.88. The predicted octanol–water partition coefficient (Wildman–Crippen LogP) is 2.30. The summed E-state index contributed by atoms with van der Waals surface area (Å²) in [7, 11) is 1.35. The second-order valence-electron chi connectivity index (χ2n) is 5.98. The molecule has 0 aliphatic carbocycles. The van der Waals surface area contributed by atoms with E-state index in [1.54, 1.807) is 23.1 Å². The number of methoxy groups -OCH3 is 1. The van der Waals surface area contributed by atoms with Gasteiger partial charge in [0.25, 0.3) is 5.91 Å². The van der Waals surface area contributed by atoms with Crippen LogP contribution < -0.4 is 0 Å². The monoisotopic (exact) mass is 310 g/mol. The van der Waals surface area contributed by atoms with E-state index < -0.39 is 11.5 Å². The Kier molecular flexibility index (Phi) is 3.91. The maximum atomic E-state index is 13.0. The molecule has 2 saturated heterocycles. The van der Waals surface area contributed by atoms with Crippen molar-refractivity contribution >= 4 is 11.9 Å². The molecule has 0 radical (unpaired) electrons. The molecule has 2 fully saturated rings. The van der Waals surface area contributed by atoms with Gasteiger partial charge in [0.15, 0.2) is 0 Å². The van der Waals surface area contributed by atoms with E-state index in [1.165, 1.54) is 13.2 Å². The van der Waals surface area contributed by atoms with Crippen LogP contribution in [0.5, 0.6) is 0 Å². The largest absolute Gasteiger partial charge is 0.467 e. The van der Waals surface area contributed by atoms with E-state index in [9.17, 15) is 9.59 Å². The lowest BCUT2D eigenvalue weighted by atomic mass is 9.77. The molecule has 0 spiro atoms. The van der Waals surface area contributed by atoms with E-state index >= 15 is 0 Å². The van der Waals surface area contributed by atoms with E-state index in [-0.39, 0.29) is 17.9 Å². The highest BCUT2D eigenvalue weighted by molar-refractivity contribution is 5.99. The summed E-state index contributed by atoms with van der Waals surface area (Å²) in [5.41, 5.74) is -0.419. The van der Waals surface area contributed by atoms with Crippen molar-refractivity contribution in [2.24, 2.45) is 5.92 Å². The van der Waals surface area contributed by atoms with Gasteiger partial charge in [-0.2, -0.15) is 5.26 Å². The molecule has 1 aromatic rings. The Morgan fingerprint density at radius 3 is 2.78 bits per heavy atom. The summed E-state index contributed by atoms with van der Waals surface area (Å²) < 4.78 is 5.03. The number of carbonyl (C=O) groups excluding carboxylic acids is 2. The van der Waals surface area contributed by atoms with Crippen LogP contribution in [0.4, 0.5) is 0 Å². The summed E-state index contributed by atoms with van der Waals surface area (Å²) in [6, 6.07) is 11.0. The van der Waals surface area contributed by atoms with E-state index in [1.807, 2.05) is 24.3 Å². The van der Waals surface area contributed by atoms with Gasteiger partial charge in [-0.25, -0.2) is 4.79 Å². The van der Waals surface area contributed by atoms with Crippen molar-refractivity contribution in [3.8, 4) is 6.07 Å². The first-order chi connectivity index (χ1) is 11.1. The fourth-order valence-corrected chi connectivity index (χ4v) is 4.03. The van der Waals surface area contributed by atoms with Crippen LogP contribution in [-0.4, -0.2) is 35.5 Å². The van der Waals surface area contributed by atoms with E-state index in [2.05, 4.69) is 0 Å². The molecule has 1 amide bonds. The number of carbonyl (C=O) groups is 2. The SMILES string of the molecule is COC(=O)[C@]12CC[C@H](C[C@H]1/C=C\C#N)N2C(=O)c1ccccc1. The summed E-state index contributed by atoms with van der Waals surface area (Å²) in [4.78, 5) is 27.3. The average molecular weight is 310 g/mol. The molecule has 1 aromatic carbocycles. The van der Waals surface area contributed by atoms with E-state index in [0.717, 1.165) is 6.42 Å². The molecule has 2 aliphatic rings. The number of allylic oxidation sites excluding steroid dienone is 1. The molecule has 3 rings (SSSR count). The molecule has 0 saturated carbocycles. The first kappa shape index (κ1) is 15.3. The van der Waals surface area contributed by atoms with Crippen LogP contribution in [0.2, 0.25) is 0 Å². The highest BCUT2D eigenvalue weighted by atomic mass is 16.5. The third-order valence-electron chi connectivity index (χ3n) is 4.97. The number of esters is 1. The molecule has 0 N–H and O–H groups in total. The lowest BCUT2D eigenvalue weighted by Gasteiger charge is -2.35. The molecule has 5 heteroatoms. The molecule has 5 nitrogen and oxygen atoms in total.